The molecule has 1 aliphatic heterocycles. The van der Waals surface area contributed by atoms with E-state index in [1.165, 1.54) is 12.1 Å². The number of rotatable bonds is 14. The molecule has 1 aromatic carbocycles. The molecular weight excluding hydrogens is 406 g/mol. The topological polar surface area (TPSA) is 112 Å². The van der Waals surface area contributed by atoms with Gasteiger partial charge in [0.2, 0.25) is 15.9 Å². The first-order chi connectivity index (χ1) is 14.3. The van der Waals surface area contributed by atoms with Crippen molar-refractivity contribution >= 4 is 21.6 Å². The van der Waals surface area contributed by atoms with Gasteiger partial charge in [-0.05, 0) is 25.2 Å². The summed E-state index contributed by atoms with van der Waals surface area (Å²) in [6.45, 7) is 2.12. The van der Waals surface area contributed by atoms with Gasteiger partial charge >= 0.3 is 0 Å². The summed E-state index contributed by atoms with van der Waals surface area (Å²) in [6, 6.07) is 6.17. The summed E-state index contributed by atoms with van der Waals surface area (Å²) in [5, 5.41) is 10.7. The lowest BCUT2D eigenvalue weighted by molar-refractivity contribution is -0.116. The van der Waals surface area contributed by atoms with Crippen LogP contribution in [-0.2, 0) is 19.6 Å². The Balaban J connectivity index is 1.84. The molecule has 0 saturated heterocycles. The van der Waals surface area contributed by atoms with Crippen LogP contribution in [0.1, 0.15) is 25.7 Å². The summed E-state index contributed by atoms with van der Waals surface area (Å²) in [6.07, 6.45) is 7.16. The van der Waals surface area contributed by atoms with E-state index in [0.717, 1.165) is 0 Å². The van der Waals surface area contributed by atoms with Crippen LogP contribution in [0.4, 0.5) is 5.69 Å². The van der Waals surface area contributed by atoms with E-state index in [1.807, 2.05) is 11.9 Å². The summed E-state index contributed by atoms with van der Waals surface area (Å²) < 4.78 is 32.6. The average Bonchev–Trinajstić information content (AvgIpc) is 3.49. The number of hydrogen-bond acceptors (Lipinski definition) is 7. The third-order valence-electron chi connectivity index (χ3n) is 4.70. The predicted octanol–water partition coefficient (Wildman–Crippen LogP) is 1.84. The number of carbonyl (C=O) groups is 1. The molecule has 0 unspecified atom stereocenters. The Labute approximate surface area is 178 Å². The minimum atomic E-state index is -3.68. The Hall–Kier alpha value is -2.32. The predicted molar refractivity (Wildman–Crippen MR) is 115 cm³/mol. The number of methoxy groups -OCH3 is 1. The van der Waals surface area contributed by atoms with E-state index >= 15 is 0 Å². The molecule has 1 aliphatic rings. The molecule has 30 heavy (non-hydrogen) atoms. The molecule has 0 aromatic heterocycles. The van der Waals surface area contributed by atoms with Crippen molar-refractivity contribution in [1.29, 1.82) is 0 Å². The molecule has 0 saturated carbocycles. The molecule has 0 bridgehead atoms. The first kappa shape index (κ1) is 24.0. The molecule has 0 radical (unpaired) electrons. The number of anilines is 1. The largest absolute Gasteiger partial charge is 0.383 e. The van der Waals surface area contributed by atoms with Gasteiger partial charge in [-0.2, -0.15) is 10.2 Å². The highest BCUT2D eigenvalue weighted by atomic mass is 32.2. The minimum absolute atomic E-state index is 0.0949. The van der Waals surface area contributed by atoms with Gasteiger partial charge in [-0.3, -0.25) is 4.79 Å². The number of hydrogen-bond donors (Lipinski definition) is 2. The molecule has 10 heteroatoms. The first-order valence-electron chi connectivity index (χ1n) is 9.75. The van der Waals surface area contributed by atoms with Crippen molar-refractivity contribution in [2.45, 2.75) is 36.2 Å². The molecule has 1 amide bonds. The van der Waals surface area contributed by atoms with Gasteiger partial charge < -0.3 is 15.0 Å². The fourth-order valence-corrected chi connectivity index (χ4v) is 3.83. The highest BCUT2D eigenvalue weighted by Crippen LogP contribution is 2.37. The van der Waals surface area contributed by atoms with E-state index < -0.39 is 15.7 Å². The van der Waals surface area contributed by atoms with Crippen LogP contribution in [0.2, 0.25) is 0 Å². The van der Waals surface area contributed by atoms with Gasteiger partial charge in [0.05, 0.1) is 11.5 Å². The lowest BCUT2D eigenvalue weighted by Crippen LogP contribution is -2.34. The van der Waals surface area contributed by atoms with Crippen LogP contribution in [0.5, 0.6) is 0 Å². The van der Waals surface area contributed by atoms with Crippen LogP contribution >= 0.6 is 0 Å². The maximum atomic E-state index is 12.5. The first-order valence-corrected chi connectivity index (χ1v) is 11.2. The zero-order chi connectivity index (χ0) is 22.0. The maximum absolute atomic E-state index is 12.5. The molecule has 0 aliphatic carbocycles. The van der Waals surface area contributed by atoms with E-state index in [-0.39, 0.29) is 23.8 Å². The van der Waals surface area contributed by atoms with Gasteiger partial charge in [0.1, 0.15) is 0 Å². The molecule has 164 valence electrons. The second-order valence-electron chi connectivity index (χ2n) is 7.16. The number of terminal acetylenes is 1. The molecule has 0 fully saturated rings. The van der Waals surface area contributed by atoms with Crippen molar-refractivity contribution in [2.75, 3.05) is 45.7 Å². The minimum Gasteiger partial charge on any atom is -0.383 e. The van der Waals surface area contributed by atoms with Crippen molar-refractivity contribution in [3.8, 4) is 12.3 Å². The Morgan fingerprint density at radius 1 is 1.30 bits per heavy atom. The molecular formula is C20H29N5O4S. The normalized spacial score (nSPS) is 14.5. The van der Waals surface area contributed by atoms with Gasteiger partial charge in [0.15, 0.2) is 5.66 Å². The van der Waals surface area contributed by atoms with Crippen LogP contribution in [-0.4, -0.2) is 65.3 Å². The number of nitrogens with one attached hydrogen (secondary N) is 2. The molecule has 2 rings (SSSR count). The number of sulfonamides is 1. The van der Waals surface area contributed by atoms with E-state index in [2.05, 4.69) is 26.2 Å². The van der Waals surface area contributed by atoms with Crippen LogP contribution in [0.25, 0.3) is 0 Å². The lowest BCUT2D eigenvalue weighted by atomic mass is 10.0. The maximum Gasteiger partial charge on any atom is 0.240 e. The Kier molecular flexibility index (Phi) is 8.92. The summed E-state index contributed by atoms with van der Waals surface area (Å²) in [4.78, 5) is 14.3. The number of amides is 1. The van der Waals surface area contributed by atoms with Crippen LogP contribution in [0.3, 0.4) is 0 Å². The Morgan fingerprint density at radius 2 is 2.07 bits per heavy atom. The highest BCUT2D eigenvalue weighted by Gasteiger charge is 2.39. The quantitative estimate of drug-likeness (QED) is 0.433. The standard InChI is InChI=1S/C20H29N5O4S/c1-4-5-10-20(23-24-20)11-9-19(26)22-17-7-6-8-18(16-17)30(27,28)21-12-13-25(2)14-15-29-3/h1,6-8,16,21H,5,9-15H2,2-3H3,(H,22,26). The summed E-state index contributed by atoms with van der Waals surface area (Å²) >= 11 is 0. The van der Waals surface area contributed by atoms with E-state index in [4.69, 9.17) is 11.2 Å². The van der Waals surface area contributed by atoms with Gasteiger partial charge in [-0.15, -0.1) is 12.3 Å². The second kappa shape index (κ2) is 11.2. The van der Waals surface area contributed by atoms with Gasteiger partial charge in [-0.1, -0.05) is 6.07 Å². The number of ether oxygens (including phenoxy) is 1. The number of carbonyl (C=O) groups excluding carboxylic acids is 1. The number of likely N-dealkylation sites (N-methyl/N-ethyl adjacent to an activating group) is 1. The highest BCUT2D eigenvalue weighted by molar-refractivity contribution is 7.89. The zero-order valence-corrected chi connectivity index (χ0v) is 18.2. The van der Waals surface area contributed by atoms with Crippen LogP contribution < -0.4 is 10.0 Å². The molecule has 1 heterocycles. The van der Waals surface area contributed by atoms with Gasteiger partial charge in [0, 0.05) is 58.1 Å². The van der Waals surface area contributed by atoms with E-state index in [1.54, 1.807) is 19.2 Å². The summed E-state index contributed by atoms with van der Waals surface area (Å²) in [7, 11) is -0.166. The van der Waals surface area contributed by atoms with E-state index in [9.17, 15) is 13.2 Å². The summed E-state index contributed by atoms with van der Waals surface area (Å²) in [5.74, 6) is 2.32. The van der Waals surface area contributed by atoms with Crippen molar-refractivity contribution in [3.05, 3.63) is 24.3 Å². The van der Waals surface area contributed by atoms with Crippen molar-refractivity contribution in [3.63, 3.8) is 0 Å². The molecule has 0 spiro atoms. The van der Waals surface area contributed by atoms with E-state index in [0.29, 0.717) is 44.6 Å². The monoisotopic (exact) mass is 435 g/mol. The number of benzene rings is 1. The average molecular weight is 436 g/mol. The van der Waals surface area contributed by atoms with Gasteiger partial charge in [-0.25, -0.2) is 13.1 Å². The Morgan fingerprint density at radius 3 is 2.73 bits per heavy atom. The van der Waals surface area contributed by atoms with Crippen LogP contribution in [0.15, 0.2) is 39.4 Å². The summed E-state index contributed by atoms with van der Waals surface area (Å²) in [5.41, 5.74) is -0.0997. The smallest absolute Gasteiger partial charge is 0.240 e. The van der Waals surface area contributed by atoms with Crippen LogP contribution in [0, 0.1) is 12.3 Å². The SMILES string of the molecule is C#CCCC1(CCC(=O)Nc2cccc(S(=O)(=O)NCCN(C)CCOC)c2)N=N1. The molecule has 1 aromatic rings. The van der Waals surface area contributed by atoms with Crippen molar-refractivity contribution in [1.82, 2.24) is 9.62 Å². The number of nitrogens with zero attached hydrogens (tertiary/aromatic N) is 3. The van der Waals surface area contributed by atoms with Crippen molar-refractivity contribution < 1.29 is 17.9 Å². The molecule has 9 nitrogen and oxygen atoms in total. The third kappa shape index (κ3) is 7.84. The lowest BCUT2D eigenvalue weighted by Gasteiger charge is -2.16. The van der Waals surface area contributed by atoms with Crippen molar-refractivity contribution in [2.24, 2.45) is 10.2 Å². The molecule has 0 atom stereocenters. The third-order valence-corrected chi connectivity index (χ3v) is 6.15. The zero-order valence-electron chi connectivity index (χ0n) is 17.4. The fourth-order valence-electron chi connectivity index (χ4n) is 2.76. The van der Waals surface area contributed by atoms with Gasteiger partial charge in [0.25, 0.3) is 0 Å². The molecule has 2 N–H and O–H groups in total. The Bertz CT molecular complexity index is 889. The second-order valence-corrected chi connectivity index (χ2v) is 8.92. The fraction of sp³-hybridized carbons (Fsp3) is 0.550.